The maximum Gasteiger partial charge on any atom is 0.192 e. The van der Waals surface area contributed by atoms with Gasteiger partial charge < -0.3 is 14.6 Å². The molecule has 0 aliphatic rings. The molecule has 2 unspecified atom stereocenters. The molecule has 0 bridgehead atoms. The molecule has 3 atom stereocenters. The number of nitrogens with zero attached hydrogens (tertiary/aromatic N) is 1. The zero-order valence-electron chi connectivity index (χ0n) is 18.4. The third-order valence-corrected chi connectivity index (χ3v) is 9.95. The number of allylic oxidation sites excluding steroid dienone is 2. The smallest absolute Gasteiger partial charge is 0.192 e. The molecule has 1 aromatic heterocycles. The number of hydrogen-bond donors (Lipinski definition) is 2. The van der Waals surface area contributed by atoms with Crippen molar-refractivity contribution in [3.63, 3.8) is 0 Å². The predicted octanol–water partition coefficient (Wildman–Crippen LogP) is 5.04. The zero-order chi connectivity index (χ0) is 21.2. The van der Waals surface area contributed by atoms with Gasteiger partial charge in [-0.2, -0.15) is 0 Å². The monoisotopic (exact) mass is 405 g/mol. The van der Waals surface area contributed by atoms with Crippen LogP contribution < -0.4 is 0 Å². The molecule has 2 N–H and O–H groups in total. The first-order valence-electron chi connectivity index (χ1n) is 10.3. The molecule has 1 rings (SSSR count). The second-order valence-corrected chi connectivity index (χ2v) is 13.8. The summed E-state index contributed by atoms with van der Waals surface area (Å²) in [5, 5.41) is 20.4. The minimum atomic E-state index is -1.81. The van der Waals surface area contributed by atoms with Crippen molar-refractivity contribution in [3.05, 3.63) is 54.4 Å². The first kappa shape index (κ1) is 24.8. The van der Waals surface area contributed by atoms with Gasteiger partial charge in [-0.3, -0.25) is 4.98 Å². The summed E-state index contributed by atoms with van der Waals surface area (Å²) in [7, 11) is -1.81. The number of aryl methyl sites for hydroxylation is 1. The molecule has 1 heterocycles. The maximum atomic E-state index is 10.2. The van der Waals surface area contributed by atoms with Gasteiger partial charge in [0.2, 0.25) is 0 Å². The molecular weight excluding hydrogens is 366 g/mol. The molecule has 0 spiro atoms. The molecule has 0 aliphatic carbocycles. The van der Waals surface area contributed by atoms with E-state index in [1.54, 1.807) is 30.5 Å². The van der Waals surface area contributed by atoms with Gasteiger partial charge in [-0.15, -0.1) is 0 Å². The van der Waals surface area contributed by atoms with Gasteiger partial charge in [-0.05, 0) is 55.9 Å². The summed E-state index contributed by atoms with van der Waals surface area (Å²) in [5.41, 5.74) is 1.19. The summed E-state index contributed by atoms with van der Waals surface area (Å²) in [4.78, 5) is 4.10. The van der Waals surface area contributed by atoms with Crippen molar-refractivity contribution in [1.29, 1.82) is 0 Å². The number of pyridine rings is 1. The third-order valence-electron chi connectivity index (χ3n) is 5.34. The molecule has 1 aromatic rings. The van der Waals surface area contributed by atoms with E-state index in [9.17, 15) is 10.2 Å². The number of hydrogen-bond acceptors (Lipinski definition) is 4. The molecular formula is C23H39NO3Si. The molecule has 28 heavy (non-hydrogen) atoms. The lowest BCUT2D eigenvalue weighted by Crippen LogP contribution is -2.43. The number of rotatable bonds is 11. The van der Waals surface area contributed by atoms with E-state index in [1.807, 2.05) is 19.2 Å². The summed E-state index contributed by atoms with van der Waals surface area (Å²) in [5.74, 6) is 0. The van der Waals surface area contributed by atoms with Gasteiger partial charge >= 0.3 is 0 Å². The first-order chi connectivity index (χ1) is 13.0. The topological polar surface area (TPSA) is 62.6 Å². The Morgan fingerprint density at radius 1 is 1.14 bits per heavy atom. The molecule has 0 fully saturated rings. The van der Waals surface area contributed by atoms with Crippen molar-refractivity contribution in [2.75, 3.05) is 0 Å². The Morgan fingerprint density at radius 3 is 2.36 bits per heavy atom. The minimum Gasteiger partial charge on any atom is -0.414 e. The summed E-state index contributed by atoms with van der Waals surface area (Å²) in [6.45, 7) is 13.1. The summed E-state index contributed by atoms with van der Waals surface area (Å²) in [6.07, 6.45) is 12.9. The van der Waals surface area contributed by atoms with Crippen molar-refractivity contribution >= 4 is 8.32 Å². The highest BCUT2D eigenvalue weighted by atomic mass is 28.4. The van der Waals surface area contributed by atoms with E-state index >= 15 is 0 Å². The number of aromatic nitrogens is 1. The molecule has 0 aromatic carbocycles. The van der Waals surface area contributed by atoms with Crippen LogP contribution in [0.3, 0.4) is 0 Å². The second kappa shape index (κ2) is 11.7. The fraction of sp³-hybridized carbons (Fsp3) is 0.609. The average molecular weight is 406 g/mol. The van der Waals surface area contributed by atoms with Crippen molar-refractivity contribution < 1.29 is 14.6 Å². The Kier molecular flexibility index (Phi) is 10.3. The lowest BCUT2D eigenvalue weighted by Gasteiger charge is -2.38. The molecule has 0 aliphatic heterocycles. The standard InChI is InChI=1S/C23H39NO3Si/c1-19(27-28(5,6)23(2,3)4)17-22(26)14-8-7-13-21(25)15-9-11-20-12-10-16-24-18-20/h7-8,10,12-14,16,18-19,21-22,25-26H,9,11,15,17H2,1-6H3/b13-7-,14-8-/t19-,21?,22?/m0/s1. The fourth-order valence-electron chi connectivity index (χ4n) is 2.69. The van der Waals surface area contributed by atoms with Gasteiger partial charge in [0.25, 0.3) is 0 Å². The highest BCUT2D eigenvalue weighted by molar-refractivity contribution is 6.74. The molecule has 4 nitrogen and oxygen atoms in total. The van der Waals surface area contributed by atoms with E-state index in [1.165, 1.54) is 5.56 Å². The van der Waals surface area contributed by atoms with Crippen molar-refractivity contribution in [3.8, 4) is 0 Å². The molecule has 0 saturated heterocycles. The van der Waals surface area contributed by atoms with Crippen LogP contribution in [0.5, 0.6) is 0 Å². The van der Waals surface area contributed by atoms with Gasteiger partial charge in [-0.1, -0.05) is 51.1 Å². The zero-order valence-corrected chi connectivity index (χ0v) is 19.4. The summed E-state index contributed by atoms with van der Waals surface area (Å²) in [6, 6.07) is 3.98. The van der Waals surface area contributed by atoms with Crippen LogP contribution in [0.1, 0.15) is 52.5 Å². The Balaban J connectivity index is 2.30. The van der Waals surface area contributed by atoms with E-state index in [4.69, 9.17) is 4.43 Å². The van der Waals surface area contributed by atoms with Gasteiger partial charge in [0.1, 0.15) is 0 Å². The van der Waals surface area contributed by atoms with Crippen LogP contribution in [-0.4, -0.2) is 41.8 Å². The largest absolute Gasteiger partial charge is 0.414 e. The quantitative estimate of drug-likeness (QED) is 0.400. The summed E-state index contributed by atoms with van der Waals surface area (Å²) >= 11 is 0. The minimum absolute atomic E-state index is 0.0163. The normalized spacial score (nSPS) is 16.6. The third kappa shape index (κ3) is 9.78. The van der Waals surface area contributed by atoms with Gasteiger partial charge in [0, 0.05) is 24.9 Å². The molecule has 0 radical (unpaired) electrons. The van der Waals surface area contributed by atoms with Crippen LogP contribution in [0, 0.1) is 0 Å². The highest BCUT2D eigenvalue weighted by Crippen LogP contribution is 2.37. The second-order valence-electron chi connectivity index (χ2n) is 9.08. The van der Waals surface area contributed by atoms with Crippen LogP contribution >= 0.6 is 0 Å². The van der Waals surface area contributed by atoms with Crippen LogP contribution in [0.2, 0.25) is 18.1 Å². The van der Waals surface area contributed by atoms with Gasteiger partial charge in [-0.25, -0.2) is 0 Å². The Morgan fingerprint density at radius 2 is 1.79 bits per heavy atom. The van der Waals surface area contributed by atoms with E-state index < -0.39 is 20.5 Å². The molecule has 5 heteroatoms. The average Bonchev–Trinajstić information content (AvgIpc) is 2.58. The maximum absolute atomic E-state index is 10.2. The van der Waals surface area contributed by atoms with Crippen molar-refractivity contribution in [2.45, 2.75) is 89.8 Å². The summed E-state index contributed by atoms with van der Waals surface area (Å²) < 4.78 is 6.28. The Bertz CT molecular complexity index is 608. The van der Waals surface area contributed by atoms with E-state index in [-0.39, 0.29) is 11.1 Å². The first-order valence-corrected chi connectivity index (χ1v) is 13.2. The van der Waals surface area contributed by atoms with E-state index in [0.29, 0.717) is 12.8 Å². The SMILES string of the molecule is C[C@@H](CC(O)/C=C\C=C/C(O)CCCc1cccnc1)O[Si](C)(C)C(C)(C)C. The van der Waals surface area contributed by atoms with Gasteiger partial charge in [0.15, 0.2) is 8.32 Å². The van der Waals surface area contributed by atoms with Crippen molar-refractivity contribution in [2.24, 2.45) is 0 Å². The van der Waals surface area contributed by atoms with E-state index in [0.717, 1.165) is 12.8 Å². The van der Waals surface area contributed by atoms with Crippen LogP contribution in [0.4, 0.5) is 0 Å². The predicted molar refractivity (Wildman–Crippen MR) is 120 cm³/mol. The Labute approximate surface area is 172 Å². The lowest BCUT2D eigenvalue weighted by atomic mass is 10.1. The molecule has 158 valence electrons. The Hall–Kier alpha value is -1.27. The highest BCUT2D eigenvalue weighted by Gasteiger charge is 2.38. The lowest BCUT2D eigenvalue weighted by molar-refractivity contribution is 0.122. The van der Waals surface area contributed by atoms with Crippen molar-refractivity contribution in [1.82, 2.24) is 4.98 Å². The van der Waals surface area contributed by atoms with Crippen LogP contribution in [-0.2, 0) is 10.8 Å². The number of aliphatic hydroxyl groups excluding tert-OH is 2. The van der Waals surface area contributed by atoms with Crippen LogP contribution in [0.25, 0.3) is 0 Å². The fourth-order valence-corrected chi connectivity index (χ4v) is 4.14. The van der Waals surface area contributed by atoms with Crippen LogP contribution in [0.15, 0.2) is 48.8 Å². The molecule has 0 amide bonds. The molecule has 0 saturated carbocycles. The van der Waals surface area contributed by atoms with E-state index in [2.05, 4.69) is 44.9 Å². The number of aliphatic hydroxyl groups is 2. The van der Waals surface area contributed by atoms with Gasteiger partial charge in [0.05, 0.1) is 12.2 Å².